The van der Waals surface area contributed by atoms with E-state index in [1.54, 1.807) is 4.90 Å². The zero-order valence-electron chi connectivity index (χ0n) is 15.7. The van der Waals surface area contributed by atoms with E-state index in [4.69, 9.17) is 4.74 Å². The predicted molar refractivity (Wildman–Crippen MR) is 101 cm³/mol. The lowest BCUT2D eigenvalue weighted by Crippen LogP contribution is -2.41. The first-order chi connectivity index (χ1) is 12.5. The molecule has 5 heteroatoms. The lowest BCUT2D eigenvalue weighted by Gasteiger charge is -2.30. The Morgan fingerprint density at radius 2 is 2.08 bits per heavy atom. The number of aryl methyl sites for hydroxylation is 1. The van der Waals surface area contributed by atoms with E-state index < -0.39 is 5.97 Å². The molecule has 26 heavy (non-hydrogen) atoms. The van der Waals surface area contributed by atoms with E-state index >= 15 is 0 Å². The zero-order chi connectivity index (χ0) is 18.7. The van der Waals surface area contributed by atoms with Crippen LogP contribution in [0.5, 0.6) is 0 Å². The van der Waals surface area contributed by atoms with Gasteiger partial charge < -0.3 is 9.64 Å². The molecule has 1 amide bonds. The fourth-order valence-corrected chi connectivity index (χ4v) is 3.67. The number of piperidine rings is 1. The van der Waals surface area contributed by atoms with Crippen LogP contribution >= 0.6 is 0 Å². The Morgan fingerprint density at radius 3 is 2.81 bits per heavy atom. The van der Waals surface area contributed by atoms with Gasteiger partial charge in [0.25, 0.3) is 5.91 Å². The first-order valence-electron chi connectivity index (χ1n) is 9.34. The second kappa shape index (κ2) is 7.85. The normalized spacial score (nSPS) is 17.3. The molecule has 1 saturated heterocycles. The molecule has 138 valence electrons. The van der Waals surface area contributed by atoms with Crippen molar-refractivity contribution in [1.82, 2.24) is 9.88 Å². The highest BCUT2D eigenvalue weighted by molar-refractivity contribution is 6.05. The van der Waals surface area contributed by atoms with Gasteiger partial charge in [-0.15, -0.1) is 0 Å². The molecule has 1 fully saturated rings. The van der Waals surface area contributed by atoms with Crippen LogP contribution in [0.3, 0.4) is 0 Å². The molecule has 0 saturated carbocycles. The fraction of sp³-hybridized carbons (Fsp3) is 0.476. The topological polar surface area (TPSA) is 59.5 Å². The van der Waals surface area contributed by atoms with Crippen LogP contribution in [0.25, 0.3) is 10.9 Å². The number of ether oxygens (including phenoxy) is 1. The third-order valence-corrected chi connectivity index (χ3v) is 5.11. The molecule has 0 N–H and O–H groups in total. The SMILES string of the molecule is CCc1nc2ccccc2c(C(=O)OCC(=O)N2CCC[C@@H](C)C2)c1C. The van der Waals surface area contributed by atoms with Gasteiger partial charge in [0, 0.05) is 24.2 Å². The molecule has 1 aliphatic rings. The monoisotopic (exact) mass is 354 g/mol. The third kappa shape index (κ3) is 3.71. The summed E-state index contributed by atoms with van der Waals surface area (Å²) < 4.78 is 5.41. The standard InChI is InChI=1S/C21H26N2O3/c1-4-17-15(3)20(16-9-5-6-10-18(16)22-17)21(25)26-13-19(24)23-11-7-8-14(2)12-23/h5-6,9-10,14H,4,7-8,11-13H2,1-3H3/t14-/m1/s1. The van der Waals surface area contributed by atoms with Gasteiger partial charge in [-0.05, 0) is 43.7 Å². The van der Waals surface area contributed by atoms with Crippen LogP contribution in [0.4, 0.5) is 0 Å². The Morgan fingerprint density at radius 1 is 1.31 bits per heavy atom. The summed E-state index contributed by atoms with van der Waals surface area (Å²) >= 11 is 0. The molecule has 0 aliphatic carbocycles. The van der Waals surface area contributed by atoms with Crippen molar-refractivity contribution in [2.45, 2.75) is 40.0 Å². The fourth-order valence-electron chi connectivity index (χ4n) is 3.67. The summed E-state index contributed by atoms with van der Waals surface area (Å²) in [5.41, 5.74) is 3.01. The maximum absolute atomic E-state index is 12.8. The summed E-state index contributed by atoms with van der Waals surface area (Å²) in [6, 6.07) is 7.55. The smallest absolute Gasteiger partial charge is 0.339 e. The minimum absolute atomic E-state index is 0.114. The Labute approximate surface area is 154 Å². The molecule has 1 atom stereocenters. The predicted octanol–water partition coefficient (Wildman–Crippen LogP) is 3.52. The van der Waals surface area contributed by atoms with E-state index in [9.17, 15) is 9.59 Å². The van der Waals surface area contributed by atoms with Crippen molar-refractivity contribution < 1.29 is 14.3 Å². The summed E-state index contributed by atoms with van der Waals surface area (Å²) in [4.78, 5) is 31.6. The van der Waals surface area contributed by atoms with Gasteiger partial charge in [0.2, 0.25) is 0 Å². The molecule has 3 rings (SSSR count). The van der Waals surface area contributed by atoms with E-state index in [-0.39, 0.29) is 12.5 Å². The summed E-state index contributed by atoms with van der Waals surface area (Å²) in [6.07, 6.45) is 2.89. The molecule has 5 nitrogen and oxygen atoms in total. The van der Waals surface area contributed by atoms with E-state index in [1.165, 1.54) is 0 Å². The highest BCUT2D eigenvalue weighted by Crippen LogP contribution is 2.24. The van der Waals surface area contributed by atoms with E-state index in [0.717, 1.165) is 54.5 Å². The third-order valence-electron chi connectivity index (χ3n) is 5.11. The number of benzene rings is 1. The molecule has 1 aromatic heterocycles. The van der Waals surface area contributed by atoms with Crippen molar-refractivity contribution in [3.63, 3.8) is 0 Å². The van der Waals surface area contributed by atoms with Crippen molar-refractivity contribution in [3.8, 4) is 0 Å². The number of fused-ring (bicyclic) bond motifs is 1. The Hall–Kier alpha value is -2.43. The molecule has 2 aromatic rings. The summed E-state index contributed by atoms with van der Waals surface area (Å²) in [7, 11) is 0. The number of nitrogens with zero attached hydrogens (tertiary/aromatic N) is 2. The van der Waals surface area contributed by atoms with Crippen LogP contribution in [0, 0.1) is 12.8 Å². The summed E-state index contributed by atoms with van der Waals surface area (Å²) in [5.74, 6) is -0.0623. The molecule has 1 aromatic carbocycles. The second-order valence-electron chi connectivity index (χ2n) is 7.09. The van der Waals surface area contributed by atoms with Crippen molar-refractivity contribution in [2.24, 2.45) is 5.92 Å². The van der Waals surface area contributed by atoms with Gasteiger partial charge in [-0.1, -0.05) is 32.0 Å². The average molecular weight is 354 g/mol. The number of carbonyl (C=O) groups is 2. The van der Waals surface area contributed by atoms with Gasteiger partial charge >= 0.3 is 5.97 Å². The van der Waals surface area contributed by atoms with Crippen LogP contribution < -0.4 is 0 Å². The van der Waals surface area contributed by atoms with Crippen LogP contribution in [0.2, 0.25) is 0 Å². The minimum Gasteiger partial charge on any atom is -0.452 e. The van der Waals surface area contributed by atoms with Crippen LogP contribution in [0.1, 0.15) is 48.3 Å². The van der Waals surface area contributed by atoms with Crippen LogP contribution in [-0.4, -0.2) is 41.5 Å². The first kappa shape index (κ1) is 18.4. The number of para-hydroxylation sites is 1. The number of rotatable bonds is 4. The van der Waals surface area contributed by atoms with Crippen LogP contribution in [0.15, 0.2) is 24.3 Å². The second-order valence-corrected chi connectivity index (χ2v) is 7.09. The minimum atomic E-state index is -0.450. The van der Waals surface area contributed by atoms with Crippen LogP contribution in [-0.2, 0) is 16.0 Å². The maximum atomic E-state index is 12.8. The number of carbonyl (C=O) groups excluding carboxylic acids is 2. The quantitative estimate of drug-likeness (QED) is 0.788. The number of hydrogen-bond acceptors (Lipinski definition) is 4. The lowest BCUT2D eigenvalue weighted by molar-refractivity contribution is -0.136. The number of hydrogen-bond donors (Lipinski definition) is 0. The van der Waals surface area contributed by atoms with Gasteiger partial charge in [0.05, 0.1) is 11.1 Å². The lowest BCUT2D eigenvalue weighted by atomic mass is 10.00. The summed E-state index contributed by atoms with van der Waals surface area (Å²) in [6.45, 7) is 7.34. The zero-order valence-corrected chi connectivity index (χ0v) is 15.7. The number of esters is 1. The molecule has 0 radical (unpaired) electrons. The Kier molecular flexibility index (Phi) is 5.55. The number of aromatic nitrogens is 1. The van der Waals surface area contributed by atoms with Crippen molar-refractivity contribution in [3.05, 3.63) is 41.1 Å². The Balaban J connectivity index is 1.79. The van der Waals surface area contributed by atoms with Crippen molar-refractivity contribution in [1.29, 1.82) is 0 Å². The molecule has 0 unspecified atom stereocenters. The molecular weight excluding hydrogens is 328 g/mol. The highest BCUT2D eigenvalue weighted by atomic mass is 16.5. The Bertz CT molecular complexity index is 831. The molecule has 0 spiro atoms. The van der Waals surface area contributed by atoms with Gasteiger partial charge in [0.15, 0.2) is 6.61 Å². The van der Waals surface area contributed by atoms with Crippen molar-refractivity contribution >= 4 is 22.8 Å². The number of amides is 1. The number of pyridine rings is 1. The van der Waals surface area contributed by atoms with Gasteiger partial charge in [0.1, 0.15) is 0 Å². The van der Waals surface area contributed by atoms with Crippen molar-refractivity contribution in [2.75, 3.05) is 19.7 Å². The van der Waals surface area contributed by atoms with E-state index in [0.29, 0.717) is 11.5 Å². The van der Waals surface area contributed by atoms with Gasteiger partial charge in [-0.2, -0.15) is 0 Å². The van der Waals surface area contributed by atoms with E-state index in [1.807, 2.05) is 38.1 Å². The van der Waals surface area contributed by atoms with Gasteiger partial charge in [-0.3, -0.25) is 9.78 Å². The average Bonchev–Trinajstić information content (AvgIpc) is 2.65. The maximum Gasteiger partial charge on any atom is 0.339 e. The molecule has 0 bridgehead atoms. The molecular formula is C21H26N2O3. The van der Waals surface area contributed by atoms with Gasteiger partial charge in [-0.25, -0.2) is 4.79 Å². The van der Waals surface area contributed by atoms with E-state index in [2.05, 4.69) is 11.9 Å². The summed E-state index contributed by atoms with van der Waals surface area (Å²) in [5, 5.41) is 0.770. The first-order valence-corrected chi connectivity index (χ1v) is 9.34. The highest BCUT2D eigenvalue weighted by Gasteiger charge is 2.23. The molecule has 2 heterocycles. The molecule has 1 aliphatic heterocycles. The largest absolute Gasteiger partial charge is 0.452 e. The number of likely N-dealkylation sites (tertiary alicyclic amines) is 1.